The maximum atomic E-state index is 12.8. The molecule has 0 aromatic heterocycles. The van der Waals surface area contributed by atoms with Gasteiger partial charge in [0.05, 0.1) is 0 Å². The Morgan fingerprint density at radius 1 is 1.14 bits per heavy atom. The Morgan fingerprint density at radius 3 is 2.18 bits per heavy atom. The van der Waals surface area contributed by atoms with Crippen molar-refractivity contribution < 1.29 is 14.4 Å². The van der Waals surface area contributed by atoms with Crippen molar-refractivity contribution >= 4 is 29.1 Å². The molecule has 1 N–H and O–H groups in total. The van der Waals surface area contributed by atoms with Crippen LogP contribution in [0.25, 0.3) is 0 Å². The number of amides is 1. The first kappa shape index (κ1) is 14.8. The van der Waals surface area contributed by atoms with Crippen LogP contribution < -0.4 is 5.32 Å². The van der Waals surface area contributed by atoms with Crippen molar-refractivity contribution in [2.24, 2.45) is 0 Å². The highest BCUT2D eigenvalue weighted by atomic mass is 35.5. The van der Waals surface area contributed by atoms with Crippen molar-refractivity contribution in [2.75, 3.05) is 5.88 Å². The summed E-state index contributed by atoms with van der Waals surface area (Å²) in [6, 6.07) is 6.94. The zero-order valence-electron chi connectivity index (χ0n) is 12.2. The minimum atomic E-state index is -0.503. The number of hydrogen-bond acceptors (Lipinski definition) is 4. The van der Waals surface area contributed by atoms with Crippen molar-refractivity contribution in [3.8, 4) is 0 Å². The maximum Gasteiger partial charge on any atom is 0.239 e. The molecular weight excluding hydrogens is 304 g/mol. The maximum absolute atomic E-state index is 12.8. The van der Waals surface area contributed by atoms with Crippen molar-refractivity contribution in [3.05, 3.63) is 46.8 Å². The summed E-state index contributed by atoms with van der Waals surface area (Å²) in [5.41, 5.74) is 0.980. The monoisotopic (exact) mass is 318 g/mol. The molecule has 6 heteroatoms. The topological polar surface area (TPSA) is 66.2 Å². The number of allylic oxidation sites excluding steroid dienone is 2. The number of hydrogen-bond donors (Lipinski definition) is 1. The number of alkyl halides is 1. The third-order valence-electron chi connectivity index (χ3n) is 4.23. The number of carbonyl (C=O) groups is 3. The van der Waals surface area contributed by atoms with Gasteiger partial charge in [0.1, 0.15) is 17.3 Å². The van der Waals surface area contributed by atoms with Gasteiger partial charge in [-0.3, -0.25) is 14.4 Å². The van der Waals surface area contributed by atoms with Gasteiger partial charge in [-0.2, -0.15) is 0 Å². The SMILES string of the molecule is C[C@H]1[C@H](C)N1C1=C(NC(=O)CCl)C(=O)c2ccccc2C1=O. The number of ketones is 2. The van der Waals surface area contributed by atoms with Crippen LogP contribution in [0.2, 0.25) is 0 Å². The summed E-state index contributed by atoms with van der Waals surface area (Å²) in [5, 5.41) is 2.50. The van der Waals surface area contributed by atoms with E-state index < -0.39 is 5.91 Å². The van der Waals surface area contributed by atoms with Crippen LogP contribution in [0.3, 0.4) is 0 Å². The van der Waals surface area contributed by atoms with Gasteiger partial charge in [-0.25, -0.2) is 0 Å². The molecule has 0 radical (unpaired) electrons. The molecule has 1 aromatic rings. The van der Waals surface area contributed by atoms with Gasteiger partial charge in [-0.05, 0) is 13.8 Å². The van der Waals surface area contributed by atoms with Crippen molar-refractivity contribution in [1.29, 1.82) is 0 Å². The number of benzene rings is 1. The van der Waals surface area contributed by atoms with E-state index in [0.717, 1.165) is 0 Å². The fraction of sp³-hybridized carbons (Fsp3) is 0.312. The summed E-state index contributed by atoms with van der Waals surface area (Å²) in [5.74, 6) is -1.37. The molecule has 2 aliphatic rings. The fourth-order valence-electron chi connectivity index (χ4n) is 2.81. The Kier molecular flexibility index (Phi) is 3.53. The minimum Gasteiger partial charge on any atom is -0.357 e. The number of halogens is 1. The highest BCUT2D eigenvalue weighted by molar-refractivity contribution is 6.30. The Labute approximate surface area is 132 Å². The Balaban J connectivity index is 2.13. The molecule has 1 saturated heterocycles. The number of Topliss-reactive ketones (excluding diaryl/α,β-unsaturated/α-hetero) is 2. The van der Waals surface area contributed by atoms with Crippen molar-refractivity contribution in [2.45, 2.75) is 25.9 Å². The van der Waals surface area contributed by atoms with Gasteiger partial charge in [0.2, 0.25) is 17.5 Å². The quantitative estimate of drug-likeness (QED) is 0.681. The molecule has 22 heavy (non-hydrogen) atoms. The molecule has 1 aliphatic carbocycles. The van der Waals surface area contributed by atoms with E-state index in [4.69, 9.17) is 11.6 Å². The second kappa shape index (κ2) is 5.25. The van der Waals surface area contributed by atoms with Gasteiger partial charge in [-0.1, -0.05) is 24.3 Å². The number of rotatable bonds is 3. The highest BCUT2D eigenvalue weighted by Gasteiger charge is 2.48. The van der Waals surface area contributed by atoms with Gasteiger partial charge in [0, 0.05) is 23.2 Å². The summed E-state index contributed by atoms with van der Waals surface area (Å²) in [4.78, 5) is 38.9. The van der Waals surface area contributed by atoms with E-state index in [1.54, 1.807) is 24.3 Å². The predicted molar refractivity (Wildman–Crippen MR) is 81.8 cm³/mol. The molecule has 1 fully saturated rings. The molecule has 3 rings (SSSR count). The van der Waals surface area contributed by atoms with E-state index in [-0.39, 0.29) is 40.9 Å². The molecule has 0 spiro atoms. The lowest BCUT2D eigenvalue weighted by Gasteiger charge is -2.22. The van der Waals surface area contributed by atoms with Crippen molar-refractivity contribution in [3.63, 3.8) is 0 Å². The smallest absolute Gasteiger partial charge is 0.239 e. The Morgan fingerprint density at radius 2 is 1.68 bits per heavy atom. The highest BCUT2D eigenvalue weighted by Crippen LogP contribution is 2.38. The molecule has 1 heterocycles. The predicted octanol–water partition coefficient (Wildman–Crippen LogP) is 1.72. The average molecular weight is 319 g/mol. The van der Waals surface area contributed by atoms with E-state index in [0.29, 0.717) is 11.1 Å². The largest absolute Gasteiger partial charge is 0.357 e. The fourth-order valence-corrected chi connectivity index (χ4v) is 2.88. The van der Waals surface area contributed by atoms with Crippen LogP contribution >= 0.6 is 11.6 Å². The van der Waals surface area contributed by atoms with Gasteiger partial charge < -0.3 is 10.2 Å². The molecule has 1 aliphatic heterocycles. The Bertz CT molecular complexity index is 718. The Hall–Kier alpha value is -2.14. The lowest BCUT2D eigenvalue weighted by molar-refractivity contribution is -0.118. The van der Waals surface area contributed by atoms with Crippen LogP contribution in [-0.4, -0.2) is 40.3 Å². The van der Waals surface area contributed by atoms with Crippen LogP contribution in [0.1, 0.15) is 34.6 Å². The van der Waals surface area contributed by atoms with Gasteiger partial charge in [0.15, 0.2) is 0 Å². The second-order valence-corrected chi connectivity index (χ2v) is 5.76. The first-order valence-corrected chi connectivity index (χ1v) is 7.57. The molecule has 1 aromatic carbocycles. The van der Waals surface area contributed by atoms with Crippen LogP contribution in [0.5, 0.6) is 0 Å². The molecule has 0 bridgehead atoms. The first-order chi connectivity index (χ1) is 10.5. The summed E-state index contributed by atoms with van der Waals surface area (Å²) in [6.07, 6.45) is 0. The third kappa shape index (κ3) is 2.13. The molecule has 1 amide bonds. The van der Waals surface area contributed by atoms with Gasteiger partial charge in [0.25, 0.3) is 0 Å². The van der Waals surface area contributed by atoms with E-state index in [9.17, 15) is 14.4 Å². The second-order valence-electron chi connectivity index (χ2n) is 5.50. The third-order valence-corrected chi connectivity index (χ3v) is 4.47. The lowest BCUT2D eigenvalue weighted by Crippen LogP contribution is -2.37. The zero-order chi connectivity index (χ0) is 16.0. The summed E-state index contributed by atoms with van der Waals surface area (Å²) >= 11 is 5.51. The summed E-state index contributed by atoms with van der Waals surface area (Å²) < 4.78 is 0. The van der Waals surface area contributed by atoms with E-state index in [1.807, 2.05) is 18.7 Å². The van der Waals surface area contributed by atoms with E-state index in [1.165, 1.54) is 0 Å². The van der Waals surface area contributed by atoms with Crippen LogP contribution in [0, 0.1) is 0 Å². The zero-order valence-corrected chi connectivity index (χ0v) is 13.0. The van der Waals surface area contributed by atoms with Gasteiger partial charge in [-0.15, -0.1) is 11.6 Å². The standard InChI is InChI=1S/C16H15ClN2O3/c1-8-9(2)19(8)14-13(18-12(20)7-17)15(21)10-5-3-4-6-11(10)16(14)22/h3-6,8-9H,7H2,1-2H3,(H,18,20)/t8-,9-/m0/s1. The molecule has 2 atom stereocenters. The molecule has 0 saturated carbocycles. The number of carbonyl (C=O) groups excluding carboxylic acids is 3. The molecular formula is C16H15ClN2O3. The average Bonchev–Trinajstić information content (AvgIpc) is 3.11. The number of nitrogens with zero attached hydrogens (tertiary/aromatic N) is 1. The number of nitrogens with one attached hydrogen (secondary N) is 1. The van der Waals surface area contributed by atoms with Crippen LogP contribution in [0.4, 0.5) is 0 Å². The summed E-state index contributed by atoms with van der Waals surface area (Å²) in [6.45, 7) is 3.94. The molecule has 114 valence electrons. The summed E-state index contributed by atoms with van der Waals surface area (Å²) in [7, 11) is 0. The molecule has 5 nitrogen and oxygen atoms in total. The minimum absolute atomic E-state index is 0.0329. The van der Waals surface area contributed by atoms with Crippen LogP contribution in [0.15, 0.2) is 35.7 Å². The number of fused-ring (bicyclic) bond motifs is 1. The lowest BCUT2D eigenvalue weighted by atomic mass is 9.90. The van der Waals surface area contributed by atoms with Crippen LogP contribution in [-0.2, 0) is 4.79 Å². The van der Waals surface area contributed by atoms with E-state index in [2.05, 4.69) is 5.32 Å². The van der Waals surface area contributed by atoms with Gasteiger partial charge >= 0.3 is 0 Å². The molecule has 0 unspecified atom stereocenters. The first-order valence-electron chi connectivity index (χ1n) is 7.04. The van der Waals surface area contributed by atoms with E-state index >= 15 is 0 Å². The van der Waals surface area contributed by atoms with Crippen molar-refractivity contribution in [1.82, 2.24) is 10.2 Å². The normalized spacial score (nSPS) is 23.5.